The predicted octanol–water partition coefficient (Wildman–Crippen LogP) is 3.10. The van der Waals surface area contributed by atoms with Crippen molar-refractivity contribution in [1.82, 2.24) is 4.72 Å². The summed E-state index contributed by atoms with van der Waals surface area (Å²) in [6, 6.07) is 6.76. The van der Waals surface area contributed by atoms with E-state index < -0.39 is 10.0 Å². The van der Waals surface area contributed by atoms with Crippen molar-refractivity contribution in [3.05, 3.63) is 29.8 Å². The summed E-state index contributed by atoms with van der Waals surface area (Å²) in [5, 5.41) is 0.0150. The minimum Gasteiger partial charge on any atom is -0.209 e. The second-order valence-electron chi connectivity index (χ2n) is 4.81. The predicted molar refractivity (Wildman–Crippen MR) is 75.6 cm³/mol. The molecule has 0 heterocycles. The molecular weight excluding hydrogens is 270 g/mol. The monoisotopic (exact) mass is 289 g/mol. The van der Waals surface area contributed by atoms with E-state index in [1.165, 1.54) is 0 Å². The summed E-state index contributed by atoms with van der Waals surface area (Å²) >= 11 is 6.03. The van der Waals surface area contributed by atoms with Crippen LogP contribution < -0.4 is 4.72 Å². The third-order valence-electron chi connectivity index (χ3n) is 2.80. The second-order valence-corrected chi connectivity index (χ2v) is 7.21. The van der Waals surface area contributed by atoms with Crippen molar-refractivity contribution in [3.8, 4) is 0 Å². The van der Waals surface area contributed by atoms with Crippen LogP contribution in [0.3, 0.4) is 0 Å². The van der Waals surface area contributed by atoms with E-state index in [1.807, 2.05) is 26.0 Å². The number of benzene rings is 1. The van der Waals surface area contributed by atoms with Crippen molar-refractivity contribution < 1.29 is 8.42 Å². The molecule has 0 aliphatic rings. The standard InChI is InChI=1S/C13H20ClNO2S/c1-9(2)15-18(16,17)13-7-5-12(6-8-13)10(3)11(4)14/h5-11,15H,1-4H3. The van der Waals surface area contributed by atoms with Gasteiger partial charge in [-0.15, -0.1) is 11.6 Å². The minimum absolute atomic E-state index is 0.0150. The van der Waals surface area contributed by atoms with E-state index in [0.717, 1.165) is 5.56 Å². The van der Waals surface area contributed by atoms with Gasteiger partial charge in [-0.2, -0.15) is 0 Å². The van der Waals surface area contributed by atoms with Crippen LogP contribution in [0.5, 0.6) is 0 Å². The number of halogens is 1. The lowest BCUT2D eigenvalue weighted by Gasteiger charge is -2.15. The largest absolute Gasteiger partial charge is 0.240 e. The molecule has 18 heavy (non-hydrogen) atoms. The number of hydrogen-bond acceptors (Lipinski definition) is 2. The van der Waals surface area contributed by atoms with Crippen LogP contribution in [-0.4, -0.2) is 19.8 Å². The molecule has 0 spiro atoms. The lowest BCUT2D eigenvalue weighted by Crippen LogP contribution is -2.30. The van der Waals surface area contributed by atoms with Gasteiger partial charge in [-0.25, -0.2) is 13.1 Å². The first kappa shape index (κ1) is 15.5. The molecule has 1 aromatic carbocycles. The van der Waals surface area contributed by atoms with Crippen LogP contribution in [0.4, 0.5) is 0 Å². The smallest absolute Gasteiger partial charge is 0.209 e. The highest BCUT2D eigenvalue weighted by molar-refractivity contribution is 7.89. The first-order chi connectivity index (χ1) is 8.24. The molecule has 0 aliphatic carbocycles. The highest BCUT2D eigenvalue weighted by Gasteiger charge is 2.17. The van der Waals surface area contributed by atoms with Crippen molar-refractivity contribution in [3.63, 3.8) is 0 Å². The van der Waals surface area contributed by atoms with Crippen molar-refractivity contribution >= 4 is 21.6 Å². The van der Waals surface area contributed by atoms with Gasteiger partial charge in [-0.05, 0) is 44.4 Å². The highest BCUT2D eigenvalue weighted by Crippen LogP contribution is 2.24. The zero-order valence-corrected chi connectivity index (χ0v) is 12.7. The van der Waals surface area contributed by atoms with Gasteiger partial charge in [0.05, 0.1) is 4.90 Å². The second kappa shape index (κ2) is 6.04. The summed E-state index contributed by atoms with van der Waals surface area (Å²) in [5.41, 5.74) is 1.04. The molecule has 0 aliphatic heterocycles. The topological polar surface area (TPSA) is 46.2 Å². The molecule has 0 saturated carbocycles. The Kier molecular flexibility index (Phi) is 5.20. The molecule has 102 valence electrons. The van der Waals surface area contributed by atoms with Crippen LogP contribution in [0.25, 0.3) is 0 Å². The van der Waals surface area contributed by atoms with Gasteiger partial charge in [0.2, 0.25) is 10.0 Å². The Balaban J connectivity index is 2.96. The Hall–Kier alpha value is -0.580. The number of sulfonamides is 1. The first-order valence-corrected chi connectivity index (χ1v) is 7.92. The van der Waals surface area contributed by atoms with Crippen molar-refractivity contribution in [1.29, 1.82) is 0 Å². The summed E-state index contributed by atoms with van der Waals surface area (Å²) < 4.78 is 26.4. The molecule has 0 radical (unpaired) electrons. The lowest BCUT2D eigenvalue weighted by molar-refractivity contribution is 0.570. The SMILES string of the molecule is CC(C)NS(=O)(=O)c1ccc(C(C)C(C)Cl)cc1. The van der Waals surface area contributed by atoms with Crippen LogP contribution in [0.1, 0.15) is 39.2 Å². The van der Waals surface area contributed by atoms with E-state index in [9.17, 15) is 8.42 Å². The molecule has 1 N–H and O–H groups in total. The van der Waals surface area contributed by atoms with Gasteiger partial charge < -0.3 is 0 Å². The number of hydrogen-bond donors (Lipinski definition) is 1. The highest BCUT2D eigenvalue weighted by atomic mass is 35.5. The molecular formula is C13H20ClNO2S. The molecule has 0 saturated heterocycles. The van der Waals surface area contributed by atoms with Crippen LogP contribution in [0.2, 0.25) is 0 Å². The zero-order valence-electron chi connectivity index (χ0n) is 11.1. The summed E-state index contributed by atoms with van der Waals surface area (Å²) in [6.07, 6.45) is 0. The Morgan fingerprint density at radius 3 is 1.94 bits per heavy atom. The van der Waals surface area contributed by atoms with Crippen molar-refractivity contribution in [2.45, 2.75) is 49.9 Å². The van der Waals surface area contributed by atoms with Crippen molar-refractivity contribution in [2.75, 3.05) is 0 Å². The molecule has 0 fully saturated rings. The average Bonchev–Trinajstić information content (AvgIpc) is 2.26. The minimum atomic E-state index is -3.41. The quantitative estimate of drug-likeness (QED) is 0.847. The fourth-order valence-corrected chi connectivity index (χ4v) is 2.99. The zero-order chi connectivity index (χ0) is 13.9. The summed E-state index contributed by atoms with van der Waals surface area (Å²) in [4.78, 5) is 0.286. The van der Waals surface area contributed by atoms with Gasteiger partial charge in [0.15, 0.2) is 0 Å². The van der Waals surface area contributed by atoms with E-state index in [1.54, 1.807) is 26.0 Å². The van der Waals surface area contributed by atoms with Gasteiger partial charge in [0, 0.05) is 11.4 Å². The number of rotatable bonds is 5. The van der Waals surface area contributed by atoms with Gasteiger partial charge >= 0.3 is 0 Å². The Morgan fingerprint density at radius 1 is 1.06 bits per heavy atom. The molecule has 5 heteroatoms. The fraction of sp³-hybridized carbons (Fsp3) is 0.538. The molecule has 3 nitrogen and oxygen atoms in total. The maximum atomic E-state index is 11.9. The van der Waals surface area contributed by atoms with E-state index in [2.05, 4.69) is 4.72 Å². The number of alkyl halides is 1. The molecule has 0 bridgehead atoms. The van der Waals surface area contributed by atoms with Gasteiger partial charge in [0.1, 0.15) is 0 Å². The Labute approximate surface area is 115 Å². The normalized spacial score (nSPS) is 15.7. The Bertz CT molecular complexity index is 480. The van der Waals surface area contributed by atoms with Gasteiger partial charge in [0.25, 0.3) is 0 Å². The molecule has 2 unspecified atom stereocenters. The summed E-state index contributed by atoms with van der Waals surface area (Å²) in [5.74, 6) is 0.196. The number of nitrogens with one attached hydrogen (secondary N) is 1. The maximum absolute atomic E-state index is 11.9. The van der Waals surface area contributed by atoms with Gasteiger partial charge in [-0.3, -0.25) is 0 Å². The van der Waals surface area contributed by atoms with Crippen molar-refractivity contribution in [2.24, 2.45) is 0 Å². The van der Waals surface area contributed by atoms with E-state index in [4.69, 9.17) is 11.6 Å². The molecule has 0 amide bonds. The Morgan fingerprint density at radius 2 is 1.56 bits per heavy atom. The summed E-state index contributed by atoms with van der Waals surface area (Å²) in [6.45, 7) is 7.54. The lowest BCUT2D eigenvalue weighted by atomic mass is 9.99. The maximum Gasteiger partial charge on any atom is 0.240 e. The molecule has 2 atom stereocenters. The fourth-order valence-electron chi connectivity index (χ4n) is 1.59. The molecule has 1 rings (SSSR count). The van der Waals surface area contributed by atoms with Crippen LogP contribution in [-0.2, 0) is 10.0 Å². The first-order valence-electron chi connectivity index (χ1n) is 6.00. The van der Waals surface area contributed by atoms with Gasteiger partial charge in [-0.1, -0.05) is 19.1 Å². The van der Waals surface area contributed by atoms with Crippen LogP contribution in [0.15, 0.2) is 29.2 Å². The average molecular weight is 290 g/mol. The van der Waals surface area contributed by atoms with Crippen LogP contribution in [0, 0.1) is 0 Å². The van der Waals surface area contributed by atoms with E-state index >= 15 is 0 Å². The third-order valence-corrected chi connectivity index (χ3v) is 4.85. The van der Waals surface area contributed by atoms with E-state index in [-0.39, 0.29) is 22.2 Å². The molecule has 0 aromatic heterocycles. The third kappa shape index (κ3) is 3.97. The van der Waals surface area contributed by atoms with E-state index in [0.29, 0.717) is 0 Å². The van der Waals surface area contributed by atoms with Crippen LogP contribution >= 0.6 is 11.6 Å². The summed E-state index contributed by atoms with van der Waals surface area (Å²) in [7, 11) is -3.41. The molecule has 1 aromatic rings.